The minimum atomic E-state index is -0.925. The number of benzene rings is 1. The van der Waals surface area contributed by atoms with Gasteiger partial charge in [0.15, 0.2) is 0 Å². The molecule has 0 radical (unpaired) electrons. The summed E-state index contributed by atoms with van der Waals surface area (Å²) in [5.41, 5.74) is 1.18. The molecule has 14 heavy (non-hydrogen) atoms. The minimum absolute atomic E-state index is 0.319. The van der Waals surface area contributed by atoms with Crippen LogP contribution < -0.4 is 5.32 Å². The lowest BCUT2D eigenvalue weighted by Crippen LogP contribution is -2.33. The van der Waals surface area contributed by atoms with E-state index in [1.165, 1.54) is 12.5 Å². The van der Waals surface area contributed by atoms with Crippen LogP contribution in [0.25, 0.3) is 0 Å². The van der Waals surface area contributed by atoms with E-state index in [-0.39, 0.29) is 5.91 Å². The largest absolute Gasteiger partial charge is 0.384 e. The smallest absolute Gasteiger partial charge is 0.248 e. The number of hydrogen-bond donors (Lipinski definition) is 2. The Hall–Kier alpha value is -1.35. The second-order valence-corrected chi connectivity index (χ2v) is 3.20. The molecule has 0 saturated heterocycles. The van der Waals surface area contributed by atoms with Crippen molar-refractivity contribution in [3.05, 3.63) is 35.9 Å². The normalized spacial score (nSPS) is 12.1. The Balaban J connectivity index is 2.26. The van der Waals surface area contributed by atoms with Gasteiger partial charge in [-0.3, -0.25) is 4.79 Å². The molecule has 1 atom stereocenters. The van der Waals surface area contributed by atoms with Crippen LogP contribution in [0.3, 0.4) is 0 Å². The van der Waals surface area contributed by atoms with Gasteiger partial charge in [-0.25, -0.2) is 0 Å². The molecule has 0 aromatic heterocycles. The van der Waals surface area contributed by atoms with Gasteiger partial charge >= 0.3 is 0 Å². The highest BCUT2D eigenvalue weighted by molar-refractivity contribution is 5.79. The molecule has 2 N–H and O–H groups in total. The summed E-state index contributed by atoms with van der Waals surface area (Å²) in [4.78, 5) is 11.0. The predicted molar refractivity (Wildman–Crippen MR) is 54.8 cm³/mol. The highest BCUT2D eigenvalue weighted by Crippen LogP contribution is 1.98. The van der Waals surface area contributed by atoms with E-state index < -0.39 is 6.10 Å². The molecule has 0 fully saturated rings. The van der Waals surface area contributed by atoms with Gasteiger partial charge in [0.25, 0.3) is 0 Å². The Morgan fingerprint density at radius 1 is 1.43 bits per heavy atom. The number of hydrogen-bond acceptors (Lipinski definition) is 2. The van der Waals surface area contributed by atoms with Crippen molar-refractivity contribution in [2.45, 2.75) is 19.4 Å². The van der Waals surface area contributed by atoms with Crippen LogP contribution >= 0.6 is 0 Å². The molecule has 0 saturated carbocycles. The van der Waals surface area contributed by atoms with Crippen LogP contribution in [0.2, 0.25) is 0 Å². The maximum Gasteiger partial charge on any atom is 0.248 e. The molecule has 0 spiro atoms. The summed E-state index contributed by atoms with van der Waals surface area (Å²) in [5.74, 6) is -0.319. The maximum atomic E-state index is 11.0. The molecule has 1 rings (SSSR count). The van der Waals surface area contributed by atoms with Gasteiger partial charge in [0.1, 0.15) is 6.10 Å². The quantitative estimate of drug-likeness (QED) is 0.740. The molecule has 0 aliphatic heterocycles. The van der Waals surface area contributed by atoms with E-state index in [9.17, 15) is 4.79 Å². The van der Waals surface area contributed by atoms with Crippen LogP contribution in [0.4, 0.5) is 0 Å². The number of carbonyl (C=O) groups is 1. The van der Waals surface area contributed by atoms with Crippen LogP contribution in [0.1, 0.15) is 12.5 Å². The Kier molecular flexibility index (Phi) is 4.13. The molecule has 3 heteroatoms. The van der Waals surface area contributed by atoms with Crippen molar-refractivity contribution in [1.82, 2.24) is 5.32 Å². The summed E-state index contributed by atoms with van der Waals surface area (Å²) in [6.45, 7) is 2.02. The minimum Gasteiger partial charge on any atom is -0.384 e. The van der Waals surface area contributed by atoms with Gasteiger partial charge in [-0.1, -0.05) is 30.3 Å². The first kappa shape index (κ1) is 10.7. The highest BCUT2D eigenvalue weighted by atomic mass is 16.3. The van der Waals surface area contributed by atoms with Crippen molar-refractivity contribution in [1.29, 1.82) is 0 Å². The first-order chi connectivity index (χ1) is 6.70. The SMILES string of the molecule is C[C@H](O)C(=O)NCCc1ccccc1. The molecule has 0 aliphatic rings. The van der Waals surface area contributed by atoms with E-state index in [0.29, 0.717) is 6.54 Å². The number of rotatable bonds is 4. The van der Waals surface area contributed by atoms with Crippen LogP contribution in [0, 0.1) is 0 Å². The summed E-state index contributed by atoms with van der Waals surface area (Å²) in [7, 11) is 0. The zero-order valence-electron chi connectivity index (χ0n) is 8.23. The number of aliphatic hydroxyl groups is 1. The Morgan fingerprint density at radius 2 is 2.07 bits per heavy atom. The molecule has 0 heterocycles. The van der Waals surface area contributed by atoms with Crippen molar-refractivity contribution in [3.8, 4) is 0 Å². The van der Waals surface area contributed by atoms with Crippen LogP contribution in [0.5, 0.6) is 0 Å². The third-order valence-electron chi connectivity index (χ3n) is 1.94. The molecule has 3 nitrogen and oxygen atoms in total. The van der Waals surface area contributed by atoms with E-state index >= 15 is 0 Å². The second kappa shape index (κ2) is 5.40. The Bertz CT molecular complexity index is 283. The summed E-state index contributed by atoms with van der Waals surface area (Å²) >= 11 is 0. The Morgan fingerprint density at radius 3 is 2.64 bits per heavy atom. The van der Waals surface area contributed by atoms with Crippen molar-refractivity contribution < 1.29 is 9.90 Å². The summed E-state index contributed by atoms with van der Waals surface area (Å²) < 4.78 is 0. The third kappa shape index (κ3) is 3.58. The standard InChI is InChI=1S/C11H15NO2/c1-9(13)11(14)12-8-7-10-5-3-2-4-6-10/h2-6,9,13H,7-8H2,1H3,(H,12,14)/t9-/m0/s1. The molecule has 0 unspecified atom stereocenters. The lowest BCUT2D eigenvalue weighted by Gasteiger charge is -2.06. The van der Waals surface area contributed by atoms with E-state index in [1.54, 1.807) is 0 Å². The molecule has 1 aromatic rings. The summed E-state index contributed by atoms with van der Waals surface area (Å²) in [6, 6.07) is 9.90. The fraction of sp³-hybridized carbons (Fsp3) is 0.364. The number of amides is 1. The zero-order chi connectivity index (χ0) is 10.4. The van der Waals surface area contributed by atoms with Gasteiger partial charge in [-0.2, -0.15) is 0 Å². The lowest BCUT2D eigenvalue weighted by atomic mass is 10.1. The highest BCUT2D eigenvalue weighted by Gasteiger charge is 2.06. The van der Waals surface area contributed by atoms with Crippen LogP contribution in [0.15, 0.2) is 30.3 Å². The van der Waals surface area contributed by atoms with E-state index in [2.05, 4.69) is 5.32 Å². The zero-order valence-corrected chi connectivity index (χ0v) is 8.23. The van der Waals surface area contributed by atoms with Gasteiger partial charge in [0.2, 0.25) is 5.91 Å². The average Bonchev–Trinajstić information content (AvgIpc) is 2.19. The number of nitrogens with one attached hydrogen (secondary N) is 1. The molecular weight excluding hydrogens is 178 g/mol. The van der Waals surface area contributed by atoms with Crippen LogP contribution in [-0.2, 0) is 11.2 Å². The predicted octanol–water partition coefficient (Wildman–Crippen LogP) is 0.726. The van der Waals surface area contributed by atoms with Gasteiger partial charge in [0, 0.05) is 6.54 Å². The second-order valence-electron chi connectivity index (χ2n) is 3.20. The fourth-order valence-corrected chi connectivity index (χ4v) is 1.12. The van der Waals surface area contributed by atoms with Crippen LogP contribution in [-0.4, -0.2) is 23.7 Å². The third-order valence-corrected chi connectivity index (χ3v) is 1.94. The number of aliphatic hydroxyl groups excluding tert-OH is 1. The maximum absolute atomic E-state index is 11.0. The molecule has 1 amide bonds. The Labute approximate surface area is 83.8 Å². The van der Waals surface area contributed by atoms with Crippen molar-refractivity contribution in [2.75, 3.05) is 6.54 Å². The lowest BCUT2D eigenvalue weighted by molar-refractivity contribution is -0.128. The van der Waals surface area contributed by atoms with Gasteiger partial charge in [-0.15, -0.1) is 0 Å². The van der Waals surface area contributed by atoms with Crippen molar-refractivity contribution >= 4 is 5.91 Å². The molecule has 76 valence electrons. The van der Waals surface area contributed by atoms with Gasteiger partial charge in [0.05, 0.1) is 0 Å². The van der Waals surface area contributed by atoms with E-state index in [4.69, 9.17) is 5.11 Å². The van der Waals surface area contributed by atoms with Crippen molar-refractivity contribution in [3.63, 3.8) is 0 Å². The average molecular weight is 193 g/mol. The van der Waals surface area contributed by atoms with Gasteiger partial charge in [-0.05, 0) is 18.9 Å². The number of carbonyl (C=O) groups excluding carboxylic acids is 1. The fourth-order valence-electron chi connectivity index (χ4n) is 1.12. The summed E-state index contributed by atoms with van der Waals surface area (Å²) in [5, 5.41) is 11.5. The molecule has 0 aliphatic carbocycles. The van der Waals surface area contributed by atoms with Gasteiger partial charge < -0.3 is 10.4 Å². The molecule has 0 bridgehead atoms. The topological polar surface area (TPSA) is 49.3 Å². The van der Waals surface area contributed by atoms with Crippen molar-refractivity contribution in [2.24, 2.45) is 0 Å². The first-order valence-corrected chi connectivity index (χ1v) is 4.70. The first-order valence-electron chi connectivity index (χ1n) is 4.70. The van der Waals surface area contributed by atoms with E-state index in [0.717, 1.165) is 6.42 Å². The summed E-state index contributed by atoms with van der Waals surface area (Å²) in [6.07, 6.45) is -0.134. The van der Waals surface area contributed by atoms with E-state index in [1.807, 2.05) is 30.3 Å². The molecule has 1 aromatic carbocycles. The molecular formula is C11H15NO2. The monoisotopic (exact) mass is 193 g/mol.